The third-order valence-corrected chi connectivity index (χ3v) is 18.8. The van der Waals surface area contributed by atoms with Crippen LogP contribution in [0, 0.1) is 0 Å². The number of hydrogen-bond acceptors (Lipinski definition) is 6. The number of unbranched alkanes of at least 4 members (excludes halogenated alkanes) is 50. The van der Waals surface area contributed by atoms with E-state index in [0.29, 0.717) is 17.4 Å². The maximum Gasteiger partial charge on any atom is 0.268 e. The van der Waals surface area contributed by atoms with E-state index in [-0.39, 0.29) is 12.5 Å². The van der Waals surface area contributed by atoms with E-state index in [1.807, 2.05) is 27.2 Å². The van der Waals surface area contributed by atoms with Gasteiger partial charge in [-0.2, -0.15) is 0 Å². The smallest absolute Gasteiger partial charge is 0.268 e. The van der Waals surface area contributed by atoms with Crippen LogP contribution in [0.15, 0.2) is 72.9 Å². The number of rotatable bonds is 73. The predicted octanol–water partition coefficient (Wildman–Crippen LogP) is 25.0. The van der Waals surface area contributed by atoms with Gasteiger partial charge >= 0.3 is 0 Å². The number of likely N-dealkylation sites (N-methyl/N-ethyl adjacent to an activating group) is 1. The highest BCUT2D eigenvalue weighted by molar-refractivity contribution is 7.45. The lowest BCUT2D eigenvalue weighted by molar-refractivity contribution is -0.870. The number of hydrogen-bond donors (Lipinski definition) is 2. The highest BCUT2D eigenvalue weighted by Crippen LogP contribution is 2.38. The molecule has 0 fully saturated rings. The quantitative estimate of drug-likeness (QED) is 0.0272. The van der Waals surface area contributed by atoms with E-state index in [4.69, 9.17) is 9.05 Å². The molecule has 0 bridgehead atoms. The molecular formula is C81H153N2O6P. The zero-order valence-electron chi connectivity index (χ0n) is 60.6. The SMILES string of the molecule is CCCCCCC/C=C\C/C=C\C/C=C\CCCCCCCCCCCCCCCCCCCCCCCCCCCCC(=O)NC(COP(=O)([O-])OCC[N+](C)(C)C)C(O)/C=C/CC/C=C/CC/C=C/CCCCCCCCCCCCCCCCCCC. The predicted molar refractivity (Wildman–Crippen MR) is 394 cm³/mol. The number of carbonyl (C=O) groups is 1. The molecule has 0 aromatic heterocycles. The molecule has 3 atom stereocenters. The van der Waals surface area contributed by atoms with Gasteiger partial charge in [0.05, 0.1) is 39.9 Å². The normalized spacial score (nSPS) is 13.9. The van der Waals surface area contributed by atoms with Crippen LogP contribution in [0.3, 0.4) is 0 Å². The molecule has 0 aromatic rings. The molecule has 0 aliphatic carbocycles. The third-order valence-electron chi connectivity index (χ3n) is 17.9. The van der Waals surface area contributed by atoms with Crippen LogP contribution in [0.4, 0.5) is 0 Å². The number of phosphoric ester groups is 1. The zero-order valence-corrected chi connectivity index (χ0v) is 61.5. The molecule has 90 heavy (non-hydrogen) atoms. The van der Waals surface area contributed by atoms with Gasteiger partial charge in [-0.3, -0.25) is 9.36 Å². The molecule has 0 saturated carbocycles. The molecule has 0 aromatic carbocycles. The number of carbonyl (C=O) groups excluding carboxylic acids is 1. The summed E-state index contributed by atoms with van der Waals surface area (Å²) in [5, 5.41) is 14.0. The van der Waals surface area contributed by atoms with Gasteiger partial charge in [-0.1, -0.05) is 369 Å². The van der Waals surface area contributed by atoms with Crippen molar-refractivity contribution in [3.63, 3.8) is 0 Å². The Morgan fingerprint density at radius 2 is 0.656 bits per heavy atom. The molecule has 1 amide bonds. The lowest BCUT2D eigenvalue weighted by Gasteiger charge is -2.29. The van der Waals surface area contributed by atoms with Crippen molar-refractivity contribution in [2.24, 2.45) is 0 Å². The minimum atomic E-state index is -4.62. The van der Waals surface area contributed by atoms with Crippen LogP contribution in [-0.2, 0) is 18.4 Å². The molecule has 8 nitrogen and oxygen atoms in total. The minimum Gasteiger partial charge on any atom is -0.756 e. The lowest BCUT2D eigenvalue weighted by Crippen LogP contribution is -2.45. The summed E-state index contributed by atoms with van der Waals surface area (Å²) < 4.78 is 23.5. The number of phosphoric acid groups is 1. The number of amides is 1. The van der Waals surface area contributed by atoms with Crippen LogP contribution in [0.25, 0.3) is 0 Å². The fraction of sp³-hybridized carbons (Fsp3) is 0.840. The van der Waals surface area contributed by atoms with Gasteiger partial charge in [0, 0.05) is 6.42 Å². The molecule has 0 rings (SSSR count). The maximum absolute atomic E-state index is 13.1. The Balaban J connectivity index is 3.98. The molecule has 2 N–H and O–H groups in total. The van der Waals surface area contributed by atoms with Crippen LogP contribution < -0.4 is 10.2 Å². The first kappa shape index (κ1) is 87.9. The molecule has 0 spiro atoms. The second-order valence-corrected chi connectivity index (χ2v) is 29.5. The average Bonchev–Trinajstić information content (AvgIpc) is 3.09. The van der Waals surface area contributed by atoms with Gasteiger partial charge in [0.1, 0.15) is 13.2 Å². The molecule has 0 heterocycles. The monoisotopic (exact) mass is 1280 g/mol. The van der Waals surface area contributed by atoms with Gasteiger partial charge < -0.3 is 28.8 Å². The van der Waals surface area contributed by atoms with Crippen molar-refractivity contribution in [3.05, 3.63) is 72.9 Å². The highest BCUT2D eigenvalue weighted by Gasteiger charge is 2.23. The number of aliphatic hydroxyl groups excluding tert-OH is 1. The van der Waals surface area contributed by atoms with Gasteiger partial charge in [0.25, 0.3) is 7.82 Å². The largest absolute Gasteiger partial charge is 0.756 e. The summed E-state index contributed by atoms with van der Waals surface area (Å²) in [4.78, 5) is 25.7. The van der Waals surface area contributed by atoms with Crippen LogP contribution in [0.5, 0.6) is 0 Å². The number of allylic oxidation sites excluding steroid dienone is 11. The van der Waals surface area contributed by atoms with Crippen LogP contribution >= 0.6 is 7.82 Å². The van der Waals surface area contributed by atoms with E-state index < -0.39 is 26.6 Å². The van der Waals surface area contributed by atoms with E-state index in [2.05, 4.69) is 79.9 Å². The van der Waals surface area contributed by atoms with Gasteiger partial charge in [0.15, 0.2) is 0 Å². The number of quaternary nitrogens is 1. The van der Waals surface area contributed by atoms with Crippen molar-refractivity contribution in [2.45, 2.75) is 398 Å². The molecule has 0 aliphatic rings. The van der Waals surface area contributed by atoms with E-state index in [1.165, 1.54) is 308 Å². The number of nitrogens with one attached hydrogen (secondary N) is 1. The van der Waals surface area contributed by atoms with Crippen molar-refractivity contribution in [1.82, 2.24) is 5.32 Å². The van der Waals surface area contributed by atoms with E-state index in [9.17, 15) is 19.4 Å². The second-order valence-electron chi connectivity index (χ2n) is 28.0. The summed E-state index contributed by atoms with van der Waals surface area (Å²) in [6.45, 7) is 4.66. The van der Waals surface area contributed by atoms with Crippen molar-refractivity contribution in [1.29, 1.82) is 0 Å². The minimum absolute atomic E-state index is 0.00881. The summed E-state index contributed by atoms with van der Waals surface area (Å²) in [7, 11) is 1.25. The van der Waals surface area contributed by atoms with Crippen LogP contribution in [0.1, 0.15) is 386 Å². The summed E-state index contributed by atoms with van der Waals surface area (Å²) in [5.74, 6) is -0.205. The maximum atomic E-state index is 13.1. The van der Waals surface area contributed by atoms with E-state index in [1.54, 1.807) is 6.08 Å². The van der Waals surface area contributed by atoms with Crippen molar-refractivity contribution < 1.29 is 32.9 Å². The van der Waals surface area contributed by atoms with Crippen molar-refractivity contribution in [3.8, 4) is 0 Å². The van der Waals surface area contributed by atoms with Gasteiger partial charge in [0.2, 0.25) is 5.91 Å². The fourth-order valence-corrected chi connectivity index (χ4v) is 12.5. The Morgan fingerprint density at radius 3 is 0.978 bits per heavy atom. The fourth-order valence-electron chi connectivity index (χ4n) is 11.8. The number of nitrogens with zero attached hydrogens (tertiary/aromatic N) is 1. The van der Waals surface area contributed by atoms with E-state index in [0.717, 1.165) is 57.8 Å². The van der Waals surface area contributed by atoms with Crippen LogP contribution in [0.2, 0.25) is 0 Å². The summed E-state index contributed by atoms with van der Waals surface area (Å²) in [5.41, 5.74) is 0. The van der Waals surface area contributed by atoms with Crippen LogP contribution in [-0.4, -0.2) is 68.5 Å². The van der Waals surface area contributed by atoms with E-state index >= 15 is 0 Å². The molecule has 9 heteroatoms. The third kappa shape index (κ3) is 73.4. The first-order valence-electron chi connectivity index (χ1n) is 39.3. The Morgan fingerprint density at radius 1 is 0.389 bits per heavy atom. The molecule has 0 saturated heterocycles. The Hall–Kier alpha value is -2.06. The Kier molecular flexibility index (Phi) is 69.6. The Bertz CT molecular complexity index is 1700. The first-order valence-corrected chi connectivity index (χ1v) is 40.8. The molecular weight excluding hydrogens is 1130 g/mol. The average molecular weight is 1280 g/mol. The Labute approximate surface area is 561 Å². The van der Waals surface area contributed by atoms with Crippen molar-refractivity contribution >= 4 is 13.7 Å². The van der Waals surface area contributed by atoms with Gasteiger partial charge in [-0.15, -0.1) is 0 Å². The zero-order chi connectivity index (χ0) is 65.5. The molecule has 0 radical (unpaired) electrons. The second kappa shape index (κ2) is 71.2. The summed E-state index contributed by atoms with van der Waals surface area (Å²) in [6.07, 6.45) is 101. The lowest BCUT2D eigenvalue weighted by atomic mass is 10.0. The molecule has 528 valence electrons. The summed E-state index contributed by atoms with van der Waals surface area (Å²) >= 11 is 0. The molecule has 0 aliphatic heterocycles. The van der Waals surface area contributed by atoms with Crippen molar-refractivity contribution in [2.75, 3.05) is 40.9 Å². The first-order chi connectivity index (χ1) is 44.0. The van der Waals surface area contributed by atoms with Gasteiger partial charge in [-0.05, 0) is 83.5 Å². The number of aliphatic hydroxyl groups is 1. The van der Waals surface area contributed by atoms with Gasteiger partial charge in [-0.25, -0.2) is 0 Å². The molecule has 3 unspecified atom stereocenters. The topological polar surface area (TPSA) is 108 Å². The standard InChI is InChI=1S/C81H153N2O6P/c1-6-8-10-12-14-16-18-20-22-24-26-28-30-32-34-35-36-37-38-39-40-41-42-43-44-45-46-47-49-51-53-55-57-59-61-63-65-67-69-71-73-75-81(85)82-79(78-89-90(86,87)88-77-76-83(3,4)5)80(84)74-72-70-68-66-64-62-60-58-56-54-52-50-48-33-31-29-27-25-23-21-19-17-15-13-11-9-7-2/h18,20,24,26,30,32,56,58,64,66,72,74,79-80,84H,6-17,19,21-23,25,27-29,31,33-55,57,59-63,65,67-71,73,75-78H2,1-5H3,(H-,82,85,86,87)/b20-18-,26-24-,32-30-,58-56+,66-64+,74-72+. The summed E-state index contributed by atoms with van der Waals surface area (Å²) in [6, 6.07) is -0.913. The highest BCUT2D eigenvalue weighted by atomic mass is 31.2.